The van der Waals surface area contributed by atoms with Gasteiger partial charge in [-0.2, -0.15) is 12.6 Å². The van der Waals surface area contributed by atoms with Crippen molar-refractivity contribution in [1.82, 2.24) is 0 Å². The monoisotopic (exact) mass is 334 g/mol. The van der Waals surface area contributed by atoms with Crippen molar-refractivity contribution in [3.63, 3.8) is 0 Å². The second kappa shape index (κ2) is 7.89. The predicted molar refractivity (Wildman–Crippen MR) is 99.5 cm³/mol. The third-order valence-electron chi connectivity index (χ3n) is 3.76. The van der Waals surface area contributed by atoms with Gasteiger partial charge >= 0.3 is 0 Å². The summed E-state index contributed by atoms with van der Waals surface area (Å²) in [5, 5.41) is 11.7. The average Bonchev–Trinajstić information content (AvgIpc) is 2.53. The first-order valence-corrected chi connectivity index (χ1v) is 9.06. The summed E-state index contributed by atoms with van der Waals surface area (Å²) >= 11 is 4.58. The minimum absolute atomic E-state index is 0.208. The van der Waals surface area contributed by atoms with Crippen LogP contribution in [-0.2, 0) is 0 Å². The molecule has 22 heavy (non-hydrogen) atoms. The summed E-state index contributed by atoms with van der Waals surface area (Å²) in [5.74, 6) is 1.13. The molecule has 0 aromatic heterocycles. The van der Waals surface area contributed by atoms with Gasteiger partial charge in [0.1, 0.15) is 11.5 Å². The Morgan fingerprint density at radius 3 is 2.55 bits per heavy atom. The van der Waals surface area contributed by atoms with Gasteiger partial charge in [0.2, 0.25) is 0 Å². The minimum Gasteiger partial charge on any atom is -0.508 e. The van der Waals surface area contributed by atoms with Gasteiger partial charge in [-0.05, 0) is 42.4 Å². The smallest absolute Gasteiger partial charge is 0.119 e. The standard InChI is InChI=1S/C18H23O2PS/c1-4-17(15-11-13(20-3)9-10-16(15)19)21-18-8-6-5-7-14(18)12(2)22/h5-12,17,19,21-22H,4H2,1-3H3. The molecule has 2 rings (SSSR count). The summed E-state index contributed by atoms with van der Waals surface area (Å²) in [6.07, 6.45) is 0.967. The molecule has 2 nitrogen and oxygen atoms in total. The van der Waals surface area contributed by atoms with Crippen LogP contribution in [0.1, 0.15) is 42.3 Å². The fraction of sp³-hybridized carbons (Fsp3) is 0.333. The van der Waals surface area contributed by atoms with Gasteiger partial charge < -0.3 is 9.84 Å². The van der Waals surface area contributed by atoms with E-state index in [0.29, 0.717) is 14.3 Å². The number of benzene rings is 2. The zero-order valence-electron chi connectivity index (χ0n) is 13.2. The number of aromatic hydroxyl groups is 1. The fourth-order valence-electron chi connectivity index (χ4n) is 2.52. The fourth-order valence-corrected chi connectivity index (χ4v) is 4.49. The molecule has 0 saturated carbocycles. The van der Waals surface area contributed by atoms with E-state index in [4.69, 9.17) is 4.74 Å². The van der Waals surface area contributed by atoms with Crippen LogP contribution in [0.25, 0.3) is 0 Å². The first-order chi connectivity index (χ1) is 10.6. The van der Waals surface area contributed by atoms with Crippen LogP contribution < -0.4 is 10.0 Å². The molecule has 3 atom stereocenters. The molecule has 0 saturated heterocycles. The molecule has 0 radical (unpaired) electrons. The van der Waals surface area contributed by atoms with Gasteiger partial charge in [-0.3, -0.25) is 0 Å². The lowest BCUT2D eigenvalue weighted by atomic mass is 10.1. The summed E-state index contributed by atoms with van der Waals surface area (Å²) in [7, 11) is 2.24. The molecule has 2 aromatic rings. The Morgan fingerprint density at radius 2 is 1.91 bits per heavy atom. The van der Waals surface area contributed by atoms with Gasteiger partial charge in [-0.1, -0.05) is 39.8 Å². The van der Waals surface area contributed by atoms with E-state index >= 15 is 0 Å². The topological polar surface area (TPSA) is 29.5 Å². The largest absolute Gasteiger partial charge is 0.508 e. The molecule has 0 aliphatic rings. The first-order valence-electron chi connectivity index (χ1n) is 7.47. The van der Waals surface area contributed by atoms with E-state index in [1.165, 1.54) is 10.9 Å². The number of thiol groups is 1. The molecule has 118 valence electrons. The lowest BCUT2D eigenvalue weighted by Gasteiger charge is -2.20. The number of ether oxygens (including phenoxy) is 1. The zero-order chi connectivity index (χ0) is 16.1. The normalized spacial score (nSPS) is 14.2. The molecule has 0 aliphatic heterocycles. The highest BCUT2D eigenvalue weighted by molar-refractivity contribution is 7.80. The Hall–Kier alpha value is -1.18. The molecule has 3 unspecified atom stereocenters. The van der Waals surface area contributed by atoms with Gasteiger partial charge in [-0.25, -0.2) is 0 Å². The Bertz CT molecular complexity index is 628. The van der Waals surface area contributed by atoms with Gasteiger partial charge in [0.15, 0.2) is 0 Å². The molecule has 0 amide bonds. The Balaban J connectivity index is 2.34. The van der Waals surface area contributed by atoms with E-state index in [0.717, 1.165) is 17.7 Å². The first kappa shape index (κ1) is 17.2. The number of rotatable bonds is 6. The van der Waals surface area contributed by atoms with Crippen molar-refractivity contribution in [3.05, 3.63) is 53.6 Å². The van der Waals surface area contributed by atoms with Crippen molar-refractivity contribution < 1.29 is 9.84 Å². The molecule has 4 heteroatoms. The molecule has 0 bridgehead atoms. The van der Waals surface area contributed by atoms with Crippen molar-refractivity contribution in [2.45, 2.75) is 31.2 Å². The van der Waals surface area contributed by atoms with Crippen LogP contribution in [0, 0.1) is 0 Å². The minimum atomic E-state index is 0.208. The van der Waals surface area contributed by atoms with Crippen LogP contribution in [0.4, 0.5) is 0 Å². The Morgan fingerprint density at radius 1 is 1.18 bits per heavy atom. The van der Waals surface area contributed by atoms with Crippen molar-refractivity contribution in [3.8, 4) is 11.5 Å². The molecule has 0 fully saturated rings. The van der Waals surface area contributed by atoms with Crippen molar-refractivity contribution in [2.24, 2.45) is 0 Å². The second-order valence-corrected chi connectivity index (χ2v) is 7.59. The highest BCUT2D eigenvalue weighted by atomic mass is 32.1. The molecule has 1 N–H and O–H groups in total. The van der Waals surface area contributed by atoms with Crippen LogP contribution in [0.5, 0.6) is 11.5 Å². The Labute approximate surface area is 140 Å². The van der Waals surface area contributed by atoms with E-state index < -0.39 is 0 Å². The molecule has 0 heterocycles. The SMILES string of the molecule is CCC(Pc1ccccc1C(C)S)c1cc(OC)ccc1O. The summed E-state index contributed by atoms with van der Waals surface area (Å²) in [5.41, 5.74) is 2.51. The van der Waals surface area contributed by atoms with Gasteiger partial charge in [0.05, 0.1) is 7.11 Å². The molecule has 0 aliphatic carbocycles. The summed E-state index contributed by atoms with van der Waals surface area (Å²) in [4.78, 5) is 0. The Kier molecular flexibility index (Phi) is 6.16. The van der Waals surface area contributed by atoms with Crippen molar-refractivity contribution in [1.29, 1.82) is 0 Å². The maximum Gasteiger partial charge on any atom is 0.119 e. The van der Waals surface area contributed by atoms with Gasteiger partial charge in [-0.15, -0.1) is 0 Å². The lowest BCUT2D eigenvalue weighted by molar-refractivity contribution is 0.410. The molecular formula is C18H23O2PS. The van der Waals surface area contributed by atoms with E-state index in [1.54, 1.807) is 19.2 Å². The highest BCUT2D eigenvalue weighted by Gasteiger charge is 2.17. The lowest BCUT2D eigenvalue weighted by Crippen LogP contribution is -2.07. The van der Waals surface area contributed by atoms with Crippen LogP contribution in [0.15, 0.2) is 42.5 Å². The summed E-state index contributed by atoms with van der Waals surface area (Å²) in [6, 6.07) is 13.9. The van der Waals surface area contributed by atoms with Crippen molar-refractivity contribution >= 4 is 26.5 Å². The van der Waals surface area contributed by atoms with Crippen LogP contribution in [-0.4, -0.2) is 12.2 Å². The number of methoxy groups -OCH3 is 1. The van der Waals surface area contributed by atoms with Crippen LogP contribution in [0.2, 0.25) is 0 Å². The summed E-state index contributed by atoms with van der Waals surface area (Å²) in [6.45, 7) is 4.25. The molecule has 2 aromatic carbocycles. The van der Waals surface area contributed by atoms with Crippen LogP contribution >= 0.6 is 21.2 Å². The predicted octanol–water partition coefficient (Wildman–Crippen LogP) is 4.85. The van der Waals surface area contributed by atoms with E-state index in [2.05, 4.69) is 50.7 Å². The number of phenolic OH excluding ortho intramolecular Hbond substituents is 1. The highest BCUT2D eigenvalue weighted by Crippen LogP contribution is 2.43. The van der Waals surface area contributed by atoms with Gasteiger partial charge in [0.25, 0.3) is 0 Å². The third kappa shape index (κ3) is 3.97. The van der Waals surface area contributed by atoms with Crippen LogP contribution in [0.3, 0.4) is 0 Å². The quantitative estimate of drug-likeness (QED) is 0.584. The maximum absolute atomic E-state index is 10.2. The average molecular weight is 334 g/mol. The molecule has 0 spiro atoms. The zero-order valence-corrected chi connectivity index (χ0v) is 15.1. The maximum atomic E-state index is 10.2. The molecular weight excluding hydrogens is 311 g/mol. The van der Waals surface area contributed by atoms with E-state index in [-0.39, 0.29) is 10.9 Å². The number of phenols is 1. The van der Waals surface area contributed by atoms with Gasteiger partial charge in [0, 0.05) is 16.5 Å². The second-order valence-electron chi connectivity index (χ2n) is 5.29. The van der Waals surface area contributed by atoms with E-state index in [9.17, 15) is 5.11 Å². The van der Waals surface area contributed by atoms with E-state index in [1.807, 2.05) is 6.07 Å². The van der Waals surface area contributed by atoms with Crippen molar-refractivity contribution in [2.75, 3.05) is 7.11 Å². The number of hydrogen-bond donors (Lipinski definition) is 2. The number of hydrogen-bond acceptors (Lipinski definition) is 3. The summed E-state index contributed by atoms with van der Waals surface area (Å²) < 4.78 is 5.30. The third-order valence-corrected chi connectivity index (χ3v) is 5.87.